The number of nitrogens with one attached hydrogen (secondary N) is 5. The molecule has 0 aliphatic rings. The Balaban J connectivity index is 1.89. The van der Waals surface area contributed by atoms with Gasteiger partial charge >= 0.3 is 0 Å². The average Bonchev–Trinajstić information content (AvgIpc) is 3.13. The van der Waals surface area contributed by atoms with E-state index in [1.54, 1.807) is 27.7 Å². The molecule has 0 radical (unpaired) electrons. The second kappa shape index (κ2) is 21.2. The molecule has 5 atom stereocenters. The highest BCUT2D eigenvalue weighted by atomic mass is 16.2. The number of hydrogen-bond acceptors (Lipinski definition) is 6. The Morgan fingerprint density at radius 1 is 0.463 bits per heavy atom. The van der Waals surface area contributed by atoms with Gasteiger partial charge in [-0.25, -0.2) is 0 Å². The summed E-state index contributed by atoms with van der Waals surface area (Å²) in [6.45, 7) is 10.9. The summed E-state index contributed by atoms with van der Waals surface area (Å²) in [6.07, 6.45) is 0.686. The largest absolute Gasteiger partial charge is 0.368 e. The van der Waals surface area contributed by atoms with E-state index in [0.717, 1.165) is 16.7 Å². The van der Waals surface area contributed by atoms with Crippen molar-refractivity contribution in [1.82, 2.24) is 26.6 Å². The minimum atomic E-state index is -1.16. The van der Waals surface area contributed by atoms with E-state index >= 15 is 0 Å². The highest BCUT2D eigenvalue weighted by molar-refractivity contribution is 5.96. The summed E-state index contributed by atoms with van der Waals surface area (Å²) in [5.41, 5.74) is 8.00. The molecule has 3 aromatic carbocycles. The van der Waals surface area contributed by atoms with E-state index in [1.165, 1.54) is 0 Å². The third-order valence-electron chi connectivity index (χ3n) is 8.89. The number of nitrogens with two attached hydrogens (primary N) is 1. The lowest BCUT2D eigenvalue weighted by atomic mass is 9.98. The fourth-order valence-corrected chi connectivity index (χ4v) is 5.83. The maximum absolute atomic E-state index is 14.2. The van der Waals surface area contributed by atoms with E-state index in [9.17, 15) is 28.8 Å². The molecule has 0 fully saturated rings. The molecule has 3 aromatic rings. The third-order valence-corrected chi connectivity index (χ3v) is 8.89. The van der Waals surface area contributed by atoms with Gasteiger partial charge in [0.25, 0.3) is 0 Å². The Morgan fingerprint density at radius 3 is 1.19 bits per heavy atom. The summed E-state index contributed by atoms with van der Waals surface area (Å²) >= 11 is 0. The lowest BCUT2D eigenvalue weighted by Gasteiger charge is -2.29. The maximum atomic E-state index is 14.2. The summed E-state index contributed by atoms with van der Waals surface area (Å²) in [5, 5.41) is 14.0. The van der Waals surface area contributed by atoms with Crippen LogP contribution in [0.15, 0.2) is 91.0 Å². The van der Waals surface area contributed by atoms with Crippen LogP contribution in [-0.2, 0) is 48.0 Å². The van der Waals surface area contributed by atoms with Crippen LogP contribution in [-0.4, -0.2) is 65.7 Å². The number of benzene rings is 3. The highest BCUT2D eigenvalue weighted by Gasteiger charge is 2.34. The molecule has 12 heteroatoms. The summed E-state index contributed by atoms with van der Waals surface area (Å²) in [4.78, 5) is 80.6. The first-order valence-electron chi connectivity index (χ1n) is 18.6. The predicted molar refractivity (Wildman–Crippen MR) is 208 cm³/mol. The molecule has 6 amide bonds. The van der Waals surface area contributed by atoms with Crippen molar-refractivity contribution in [2.45, 2.75) is 97.4 Å². The van der Waals surface area contributed by atoms with Crippen LogP contribution in [0.1, 0.15) is 64.7 Å². The van der Waals surface area contributed by atoms with Gasteiger partial charge in [0.1, 0.15) is 30.2 Å². The van der Waals surface area contributed by atoms with E-state index in [4.69, 9.17) is 5.73 Å². The molecule has 290 valence electrons. The van der Waals surface area contributed by atoms with Gasteiger partial charge in [-0.05, 0) is 34.9 Å². The van der Waals surface area contributed by atoms with Crippen LogP contribution in [0.5, 0.6) is 0 Å². The van der Waals surface area contributed by atoms with Gasteiger partial charge in [0.05, 0.1) is 0 Å². The Bertz CT molecular complexity index is 1680. The third kappa shape index (κ3) is 14.1. The Labute approximate surface area is 318 Å². The van der Waals surface area contributed by atoms with Gasteiger partial charge in [-0.2, -0.15) is 0 Å². The maximum Gasteiger partial charge on any atom is 0.243 e. The van der Waals surface area contributed by atoms with Crippen molar-refractivity contribution >= 4 is 35.4 Å². The van der Waals surface area contributed by atoms with Gasteiger partial charge in [-0.3, -0.25) is 28.8 Å². The van der Waals surface area contributed by atoms with E-state index in [0.29, 0.717) is 6.42 Å². The molecule has 54 heavy (non-hydrogen) atoms. The summed E-state index contributed by atoms with van der Waals surface area (Å²) < 4.78 is 0. The number of primary amides is 1. The molecule has 12 nitrogen and oxygen atoms in total. The minimum Gasteiger partial charge on any atom is -0.368 e. The first-order chi connectivity index (χ1) is 25.6. The first-order valence-corrected chi connectivity index (χ1v) is 18.6. The number of amides is 6. The van der Waals surface area contributed by atoms with Crippen molar-refractivity contribution in [3.63, 3.8) is 0 Å². The molecule has 0 aliphatic carbocycles. The van der Waals surface area contributed by atoms with E-state index in [1.807, 2.05) is 105 Å². The van der Waals surface area contributed by atoms with Crippen LogP contribution in [0.3, 0.4) is 0 Å². The summed E-state index contributed by atoms with van der Waals surface area (Å²) in [5.74, 6) is -4.03. The van der Waals surface area contributed by atoms with Crippen molar-refractivity contribution in [2.75, 3.05) is 0 Å². The molecule has 7 N–H and O–H groups in total. The lowest BCUT2D eigenvalue weighted by molar-refractivity contribution is -0.136. The van der Waals surface area contributed by atoms with Crippen LogP contribution in [0.2, 0.25) is 0 Å². The van der Waals surface area contributed by atoms with Gasteiger partial charge in [-0.15, -0.1) is 0 Å². The molecule has 0 bridgehead atoms. The predicted octanol–water partition coefficient (Wildman–Crippen LogP) is 2.98. The normalized spacial score (nSPS) is 13.9. The molecular formula is C42H56N6O6. The number of carbonyl (C=O) groups excluding carboxylic acids is 6. The van der Waals surface area contributed by atoms with Gasteiger partial charge in [-0.1, -0.05) is 133 Å². The molecule has 0 saturated carbocycles. The van der Waals surface area contributed by atoms with Crippen molar-refractivity contribution < 1.29 is 28.8 Å². The van der Waals surface area contributed by atoms with Crippen molar-refractivity contribution in [1.29, 1.82) is 0 Å². The Morgan fingerprint density at radius 2 is 0.815 bits per heavy atom. The zero-order valence-electron chi connectivity index (χ0n) is 32.1. The van der Waals surface area contributed by atoms with Crippen molar-refractivity contribution in [3.8, 4) is 0 Å². The quantitative estimate of drug-likeness (QED) is 0.103. The molecule has 0 aliphatic heterocycles. The molecular weight excluding hydrogens is 684 g/mol. The zero-order chi connectivity index (χ0) is 39.8. The Hall–Kier alpha value is -5.52. The fourth-order valence-electron chi connectivity index (χ4n) is 5.83. The van der Waals surface area contributed by atoms with E-state index < -0.39 is 59.7 Å². The summed E-state index contributed by atoms with van der Waals surface area (Å²) in [7, 11) is 0. The van der Waals surface area contributed by atoms with Crippen LogP contribution >= 0.6 is 0 Å². The monoisotopic (exact) mass is 740 g/mol. The zero-order valence-corrected chi connectivity index (χ0v) is 32.1. The van der Waals surface area contributed by atoms with Crippen LogP contribution in [0.4, 0.5) is 0 Å². The lowest BCUT2D eigenvalue weighted by Crippen LogP contribution is -2.60. The minimum absolute atomic E-state index is 0.0786. The van der Waals surface area contributed by atoms with Crippen LogP contribution < -0.4 is 32.3 Å². The molecule has 0 unspecified atom stereocenters. The molecule has 3 rings (SSSR count). The van der Waals surface area contributed by atoms with E-state index in [2.05, 4.69) is 26.6 Å². The Kier molecular flexibility index (Phi) is 16.9. The SMILES string of the molecule is CC(C)C[C@@H](NC(=O)C(C)C)C(=O)N[C@@H](C(=O)N[C@H](Cc1ccccc1)C(=O)N[C@H](Cc1ccccc1)C(=O)N[C@H](Cc1ccccc1)C(N)=O)C(C)C. The van der Waals surface area contributed by atoms with Gasteiger partial charge in [0.2, 0.25) is 35.4 Å². The molecule has 0 spiro atoms. The van der Waals surface area contributed by atoms with Crippen molar-refractivity contribution in [3.05, 3.63) is 108 Å². The number of carbonyl (C=O) groups is 6. The summed E-state index contributed by atoms with van der Waals surface area (Å²) in [6, 6.07) is 22.0. The average molecular weight is 741 g/mol. The molecule has 0 aromatic heterocycles. The molecule has 0 saturated heterocycles. The first kappa shape index (κ1) is 42.9. The van der Waals surface area contributed by atoms with E-state index in [-0.39, 0.29) is 42.9 Å². The van der Waals surface area contributed by atoms with Crippen LogP contribution in [0, 0.1) is 17.8 Å². The second-order valence-corrected chi connectivity index (χ2v) is 14.7. The number of hydrogen-bond donors (Lipinski definition) is 6. The number of rotatable bonds is 20. The standard InChI is InChI=1S/C42H56N6O6/c1-26(2)22-33(45-38(50)28(5)6)41(53)48-36(27(3)4)42(54)47-35(25-31-20-14-9-15-21-31)40(52)46-34(24-30-18-12-8-13-19-30)39(51)44-32(37(43)49)23-29-16-10-7-11-17-29/h7-21,26-28,32-36H,22-25H2,1-6H3,(H2,43,49)(H,44,51)(H,45,50)(H,46,52)(H,47,54)(H,48,53)/t32-,33-,34-,35-,36-/m1/s1. The van der Waals surface area contributed by atoms with Gasteiger partial charge in [0, 0.05) is 25.2 Å². The van der Waals surface area contributed by atoms with Gasteiger partial charge in [0.15, 0.2) is 0 Å². The van der Waals surface area contributed by atoms with Crippen LogP contribution in [0.25, 0.3) is 0 Å². The van der Waals surface area contributed by atoms with Gasteiger partial charge < -0.3 is 32.3 Å². The molecule has 0 heterocycles. The topological polar surface area (TPSA) is 189 Å². The smallest absolute Gasteiger partial charge is 0.243 e. The van der Waals surface area contributed by atoms with Crippen molar-refractivity contribution in [2.24, 2.45) is 23.5 Å². The fraction of sp³-hybridized carbons (Fsp3) is 0.429. The second-order valence-electron chi connectivity index (χ2n) is 14.7. The highest BCUT2D eigenvalue weighted by Crippen LogP contribution is 2.12.